The molecule has 3 heterocycles. The Morgan fingerprint density at radius 2 is 1.93 bits per heavy atom. The molecule has 1 saturated heterocycles. The first kappa shape index (κ1) is 19.1. The molecule has 0 radical (unpaired) electrons. The Morgan fingerprint density at radius 3 is 2.69 bits per heavy atom. The Hall–Kier alpha value is -3.26. The molecule has 0 unspecified atom stereocenters. The van der Waals surface area contributed by atoms with Gasteiger partial charge in [0.05, 0.1) is 11.0 Å². The van der Waals surface area contributed by atoms with E-state index in [1.54, 1.807) is 27.7 Å². The maximum Gasteiger partial charge on any atom is 0.255 e. The van der Waals surface area contributed by atoms with E-state index in [4.69, 9.17) is 5.11 Å². The highest BCUT2D eigenvalue weighted by molar-refractivity contribution is 5.97. The van der Waals surface area contributed by atoms with Gasteiger partial charge in [0.25, 0.3) is 5.91 Å². The number of nitrogens with zero attached hydrogens (tertiary/aromatic N) is 4. The molecule has 2 N–H and O–H groups in total. The summed E-state index contributed by atoms with van der Waals surface area (Å²) in [5.74, 6) is -0.208. The number of carbonyl (C=O) groups excluding carboxylic acids is 2. The van der Waals surface area contributed by atoms with Crippen LogP contribution in [0.2, 0.25) is 0 Å². The van der Waals surface area contributed by atoms with Gasteiger partial charge in [0, 0.05) is 32.4 Å². The second-order valence-electron chi connectivity index (χ2n) is 7.42. The predicted molar refractivity (Wildman–Crippen MR) is 106 cm³/mol. The number of aromatic nitrogens is 3. The van der Waals surface area contributed by atoms with Crippen LogP contribution in [0, 0.1) is 5.41 Å². The van der Waals surface area contributed by atoms with Crippen molar-refractivity contribution in [3.05, 3.63) is 66.1 Å². The van der Waals surface area contributed by atoms with Gasteiger partial charge in [0.2, 0.25) is 5.91 Å². The summed E-state index contributed by atoms with van der Waals surface area (Å²) in [5.41, 5.74) is 1.58. The lowest BCUT2D eigenvalue weighted by molar-refractivity contribution is -0.139. The molecule has 0 saturated carbocycles. The summed E-state index contributed by atoms with van der Waals surface area (Å²) >= 11 is 0. The normalized spacial score (nSPS) is 15.1. The minimum Gasteiger partial charge on any atom is -0.396 e. The van der Waals surface area contributed by atoms with E-state index < -0.39 is 5.41 Å². The molecule has 1 aliphatic heterocycles. The van der Waals surface area contributed by atoms with Crippen LogP contribution in [0.15, 0.2) is 55.0 Å². The number of aliphatic hydroxyl groups is 1. The summed E-state index contributed by atoms with van der Waals surface area (Å²) in [4.78, 5) is 31.6. The molecule has 150 valence electrons. The van der Waals surface area contributed by atoms with Crippen molar-refractivity contribution < 1.29 is 14.7 Å². The minimum atomic E-state index is -0.663. The fourth-order valence-electron chi connectivity index (χ4n) is 3.74. The summed E-state index contributed by atoms with van der Waals surface area (Å²) in [6.07, 6.45) is 4.16. The molecule has 2 aromatic heterocycles. The van der Waals surface area contributed by atoms with Crippen molar-refractivity contribution in [2.75, 3.05) is 26.2 Å². The fraction of sp³-hybridized carbons (Fsp3) is 0.333. The lowest BCUT2D eigenvalue weighted by Crippen LogP contribution is -2.65. The van der Waals surface area contributed by atoms with Crippen LogP contribution in [0.4, 0.5) is 0 Å². The van der Waals surface area contributed by atoms with Crippen LogP contribution in [-0.4, -0.2) is 62.7 Å². The number of nitrogens with one attached hydrogen (secondary N) is 1. The third-order valence-corrected chi connectivity index (χ3v) is 5.28. The number of carbonyl (C=O) groups is 2. The number of benzene rings is 1. The summed E-state index contributed by atoms with van der Waals surface area (Å²) in [6.45, 7) is 1.15. The van der Waals surface area contributed by atoms with Crippen molar-refractivity contribution in [3.63, 3.8) is 0 Å². The van der Waals surface area contributed by atoms with Gasteiger partial charge in [-0.05, 0) is 30.5 Å². The minimum absolute atomic E-state index is 0.0291. The number of rotatable bonds is 7. The van der Waals surface area contributed by atoms with Crippen LogP contribution in [-0.2, 0) is 11.2 Å². The number of fused-ring (bicyclic) bond motifs is 1. The molecular formula is C21H23N5O3. The quantitative estimate of drug-likeness (QED) is 0.582. The van der Waals surface area contributed by atoms with Crippen LogP contribution in [0.3, 0.4) is 0 Å². The monoisotopic (exact) mass is 393 g/mol. The highest BCUT2D eigenvalue weighted by Gasteiger charge is 2.50. The van der Waals surface area contributed by atoms with Crippen LogP contribution >= 0.6 is 0 Å². The second kappa shape index (κ2) is 8.00. The first-order chi connectivity index (χ1) is 14.1. The highest BCUT2D eigenvalue weighted by atomic mass is 16.3. The van der Waals surface area contributed by atoms with Gasteiger partial charge in [-0.25, -0.2) is 9.50 Å². The molecule has 1 fully saturated rings. The number of hydrogen-bond donors (Lipinski definition) is 2. The summed E-state index contributed by atoms with van der Waals surface area (Å²) < 4.78 is 1.56. The van der Waals surface area contributed by atoms with Crippen LogP contribution < -0.4 is 5.32 Å². The molecule has 1 aromatic carbocycles. The SMILES string of the molecule is O=C(c1ccc2ncnn2c1)N1CC(Cc2ccccc2)(C(=O)NCCCO)C1. The zero-order valence-corrected chi connectivity index (χ0v) is 16.0. The fourth-order valence-corrected chi connectivity index (χ4v) is 3.74. The summed E-state index contributed by atoms with van der Waals surface area (Å²) in [6, 6.07) is 13.3. The number of amides is 2. The highest BCUT2D eigenvalue weighted by Crippen LogP contribution is 2.35. The Labute approximate surface area is 168 Å². The number of aliphatic hydroxyl groups excluding tert-OH is 1. The van der Waals surface area contributed by atoms with Gasteiger partial charge in [-0.1, -0.05) is 30.3 Å². The Balaban J connectivity index is 1.50. The number of hydrogen-bond acceptors (Lipinski definition) is 5. The van der Waals surface area contributed by atoms with Gasteiger partial charge in [-0.2, -0.15) is 5.10 Å². The van der Waals surface area contributed by atoms with Crippen molar-refractivity contribution in [2.24, 2.45) is 5.41 Å². The summed E-state index contributed by atoms with van der Waals surface area (Å²) in [5, 5.41) is 16.0. The zero-order chi connectivity index (χ0) is 20.3. The third kappa shape index (κ3) is 3.84. The molecule has 3 aromatic rings. The van der Waals surface area contributed by atoms with E-state index in [2.05, 4.69) is 15.4 Å². The van der Waals surface area contributed by atoms with E-state index in [1.165, 1.54) is 6.33 Å². The van der Waals surface area contributed by atoms with Gasteiger partial charge in [0.1, 0.15) is 6.33 Å². The molecule has 0 aliphatic carbocycles. The maximum absolute atomic E-state index is 12.9. The zero-order valence-electron chi connectivity index (χ0n) is 16.0. The maximum atomic E-state index is 12.9. The Morgan fingerprint density at radius 1 is 1.14 bits per heavy atom. The van der Waals surface area contributed by atoms with Gasteiger partial charge in [-0.3, -0.25) is 9.59 Å². The largest absolute Gasteiger partial charge is 0.396 e. The smallest absolute Gasteiger partial charge is 0.255 e. The third-order valence-electron chi connectivity index (χ3n) is 5.28. The van der Waals surface area contributed by atoms with Crippen molar-refractivity contribution in [1.82, 2.24) is 24.8 Å². The van der Waals surface area contributed by atoms with Crippen molar-refractivity contribution in [2.45, 2.75) is 12.8 Å². The van der Waals surface area contributed by atoms with Gasteiger partial charge in [0.15, 0.2) is 5.65 Å². The second-order valence-corrected chi connectivity index (χ2v) is 7.42. The molecule has 1 aliphatic rings. The Bertz CT molecular complexity index is 1010. The van der Waals surface area contributed by atoms with Crippen molar-refractivity contribution in [1.29, 1.82) is 0 Å². The van der Waals surface area contributed by atoms with E-state index in [9.17, 15) is 9.59 Å². The van der Waals surface area contributed by atoms with E-state index in [0.717, 1.165) is 5.56 Å². The lowest BCUT2D eigenvalue weighted by Gasteiger charge is -2.49. The van der Waals surface area contributed by atoms with E-state index >= 15 is 0 Å². The number of likely N-dealkylation sites (tertiary alicyclic amines) is 1. The average Bonchev–Trinajstić information content (AvgIpc) is 3.18. The molecular weight excluding hydrogens is 370 g/mol. The predicted octanol–water partition coefficient (Wildman–Crippen LogP) is 0.913. The molecule has 8 nitrogen and oxygen atoms in total. The Kier molecular flexibility index (Phi) is 5.26. The van der Waals surface area contributed by atoms with Crippen LogP contribution in [0.1, 0.15) is 22.3 Å². The molecule has 8 heteroatoms. The molecule has 0 bridgehead atoms. The summed E-state index contributed by atoms with van der Waals surface area (Å²) in [7, 11) is 0. The van der Waals surface area contributed by atoms with E-state index in [1.807, 2.05) is 30.3 Å². The molecule has 4 rings (SSSR count). The van der Waals surface area contributed by atoms with Crippen LogP contribution in [0.25, 0.3) is 5.65 Å². The molecule has 29 heavy (non-hydrogen) atoms. The standard InChI is InChI=1S/C21H23N5O3/c27-10-4-9-22-20(29)21(11-16-5-2-1-3-6-16)13-25(14-21)19(28)17-7-8-18-23-15-24-26(18)12-17/h1-3,5-8,12,15,27H,4,9-11,13-14H2,(H,22,29). The molecule has 0 atom stereocenters. The lowest BCUT2D eigenvalue weighted by atomic mass is 9.73. The van der Waals surface area contributed by atoms with Gasteiger partial charge >= 0.3 is 0 Å². The topological polar surface area (TPSA) is 99.8 Å². The van der Waals surface area contributed by atoms with E-state index in [-0.39, 0.29) is 18.4 Å². The van der Waals surface area contributed by atoms with Crippen molar-refractivity contribution >= 4 is 17.5 Å². The molecule has 2 amide bonds. The van der Waals surface area contributed by atoms with Crippen LogP contribution in [0.5, 0.6) is 0 Å². The first-order valence-corrected chi connectivity index (χ1v) is 9.63. The number of pyridine rings is 1. The van der Waals surface area contributed by atoms with E-state index in [0.29, 0.717) is 43.7 Å². The van der Waals surface area contributed by atoms with Gasteiger partial charge in [-0.15, -0.1) is 0 Å². The molecule has 0 spiro atoms. The first-order valence-electron chi connectivity index (χ1n) is 9.63. The average molecular weight is 393 g/mol. The van der Waals surface area contributed by atoms with Gasteiger partial charge < -0.3 is 15.3 Å². The van der Waals surface area contributed by atoms with Crippen molar-refractivity contribution in [3.8, 4) is 0 Å².